The Morgan fingerprint density at radius 1 is 0.588 bits per heavy atom. The van der Waals surface area contributed by atoms with Gasteiger partial charge in [-0.15, -0.1) is 0 Å². The minimum atomic E-state index is -0.968. The number of carboxylic acids is 4. The maximum Gasteiger partial charge on any atom is 0.320 e. The third-order valence-electron chi connectivity index (χ3n) is 3.58. The topological polar surface area (TPSA) is 253 Å². The van der Waals surface area contributed by atoms with E-state index >= 15 is 0 Å². The summed E-state index contributed by atoms with van der Waals surface area (Å²) in [6.45, 7) is -0.556. The van der Waals surface area contributed by atoms with E-state index in [0.29, 0.717) is 12.8 Å². The van der Waals surface area contributed by atoms with Gasteiger partial charge in [-0.3, -0.25) is 19.2 Å². The predicted molar refractivity (Wildman–Crippen MR) is 125 cm³/mol. The lowest BCUT2D eigenvalue weighted by Gasteiger charge is -2.04. The summed E-state index contributed by atoms with van der Waals surface area (Å²) in [5.41, 5.74) is 21.7. The van der Waals surface area contributed by atoms with Crippen molar-refractivity contribution in [1.29, 1.82) is 0 Å². The van der Waals surface area contributed by atoms with Gasteiger partial charge in [0.2, 0.25) is 0 Å². The van der Waals surface area contributed by atoms with Crippen LogP contribution in [-0.2, 0) is 32.0 Å². The van der Waals surface area contributed by atoms with Crippen LogP contribution >= 0.6 is 0 Å². The van der Waals surface area contributed by atoms with Crippen LogP contribution in [0, 0.1) is 0 Å². The molecule has 0 saturated carbocycles. The van der Waals surface area contributed by atoms with E-state index in [9.17, 15) is 19.2 Å². The second-order valence-electron chi connectivity index (χ2n) is 6.46. The van der Waals surface area contributed by atoms with Gasteiger partial charge in [-0.2, -0.15) is 0 Å². The zero-order chi connectivity index (χ0) is 26.5. The molecule has 2 rings (SSSR count). The van der Waals surface area contributed by atoms with Gasteiger partial charge in [0.25, 0.3) is 0 Å². The summed E-state index contributed by atoms with van der Waals surface area (Å²) in [4.78, 5) is 39.2. The molecular weight excluding hydrogens is 448 g/mol. The van der Waals surface area contributed by atoms with E-state index in [2.05, 4.69) is 11.5 Å². The number of aliphatic carboxylic acids is 4. The maximum atomic E-state index is 10.4. The highest BCUT2D eigenvalue weighted by Gasteiger charge is 2.11. The molecule has 2 aromatic carbocycles. The van der Waals surface area contributed by atoms with Gasteiger partial charge >= 0.3 is 23.9 Å². The van der Waals surface area contributed by atoms with E-state index in [-0.39, 0.29) is 13.1 Å². The van der Waals surface area contributed by atoms with Crippen molar-refractivity contribution >= 4 is 23.9 Å². The molecule has 2 unspecified atom stereocenters. The summed E-state index contributed by atoms with van der Waals surface area (Å²) < 4.78 is 0. The van der Waals surface area contributed by atoms with E-state index < -0.39 is 36.0 Å². The number of benzene rings is 2. The lowest BCUT2D eigenvalue weighted by atomic mass is 10.1. The smallest absolute Gasteiger partial charge is 0.320 e. The van der Waals surface area contributed by atoms with Gasteiger partial charge in [0.1, 0.15) is 12.1 Å². The molecular formula is C22H32N4O8. The van der Waals surface area contributed by atoms with Crippen LogP contribution in [0.3, 0.4) is 0 Å². The van der Waals surface area contributed by atoms with Crippen LogP contribution in [0.15, 0.2) is 60.7 Å². The van der Waals surface area contributed by atoms with Gasteiger partial charge in [-0.25, -0.2) is 0 Å². The second kappa shape index (κ2) is 19.8. The van der Waals surface area contributed by atoms with Crippen molar-refractivity contribution in [3.63, 3.8) is 0 Å². The highest BCUT2D eigenvalue weighted by Crippen LogP contribution is 2.02. The van der Waals surface area contributed by atoms with Gasteiger partial charge < -0.3 is 43.4 Å². The molecule has 0 heterocycles. The standard InChI is InChI=1S/2C9H11NO2.2C2H5NO2/c2*10-8(9(11)12)6-7-4-2-1-3-5-7;2*3-1-2(4)5/h2*1-5,8H,6,10H2,(H,11,12);2*1,3H2,(H,4,5). The Morgan fingerprint density at radius 2 is 0.824 bits per heavy atom. The van der Waals surface area contributed by atoms with Gasteiger partial charge in [0.15, 0.2) is 0 Å². The molecule has 12 nitrogen and oxygen atoms in total. The van der Waals surface area contributed by atoms with Crippen molar-refractivity contribution in [2.75, 3.05) is 13.1 Å². The van der Waals surface area contributed by atoms with Crippen molar-refractivity contribution in [2.24, 2.45) is 22.9 Å². The molecule has 34 heavy (non-hydrogen) atoms. The van der Waals surface area contributed by atoms with E-state index in [1.165, 1.54) is 0 Å². The highest BCUT2D eigenvalue weighted by atomic mass is 16.4. The van der Waals surface area contributed by atoms with Crippen molar-refractivity contribution in [1.82, 2.24) is 0 Å². The first-order valence-corrected chi connectivity index (χ1v) is 9.82. The zero-order valence-electron chi connectivity index (χ0n) is 18.5. The van der Waals surface area contributed by atoms with E-state index in [1.54, 1.807) is 0 Å². The summed E-state index contributed by atoms with van der Waals surface area (Å²) >= 11 is 0. The van der Waals surface area contributed by atoms with Crippen LogP contribution in [0.1, 0.15) is 11.1 Å². The Balaban J connectivity index is 0. The number of rotatable bonds is 8. The van der Waals surface area contributed by atoms with Crippen LogP contribution in [0.5, 0.6) is 0 Å². The molecule has 0 spiro atoms. The molecule has 0 saturated heterocycles. The van der Waals surface area contributed by atoms with Crippen LogP contribution in [0.4, 0.5) is 0 Å². The number of hydrogen-bond acceptors (Lipinski definition) is 8. The van der Waals surface area contributed by atoms with Crippen LogP contribution < -0.4 is 22.9 Å². The summed E-state index contributed by atoms with van der Waals surface area (Å²) in [6.07, 6.45) is 0.770. The first-order valence-electron chi connectivity index (χ1n) is 9.82. The zero-order valence-corrected chi connectivity index (χ0v) is 18.5. The second-order valence-corrected chi connectivity index (χ2v) is 6.46. The lowest BCUT2D eigenvalue weighted by molar-refractivity contribution is -0.139. The molecule has 0 radical (unpaired) electrons. The van der Waals surface area contributed by atoms with E-state index in [0.717, 1.165) is 11.1 Å². The largest absolute Gasteiger partial charge is 0.480 e. The fraction of sp³-hybridized carbons (Fsp3) is 0.273. The quantitative estimate of drug-likeness (QED) is 0.234. The van der Waals surface area contributed by atoms with Gasteiger partial charge in [-0.1, -0.05) is 60.7 Å². The Kier molecular flexibility index (Phi) is 18.8. The fourth-order valence-electron chi connectivity index (χ4n) is 1.91. The van der Waals surface area contributed by atoms with Crippen molar-refractivity contribution < 1.29 is 39.6 Å². The minimum absolute atomic E-state index is 0.278. The Bertz CT molecular complexity index is 779. The Morgan fingerprint density at radius 3 is 1.00 bits per heavy atom. The number of carboxylic acid groups (broad SMARTS) is 4. The molecule has 0 aliphatic heterocycles. The molecule has 2 aromatic rings. The number of hydrogen-bond donors (Lipinski definition) is 8. The number of nitrogens with two attached hydrogens (primary N) is 4. The summed E-state index contributed by atoms with van der Waals surface area (Å²) in [6, 6.07) is 17.1. The monoisotopic (exact) mass is 480 g/mol. The third-order valence-corrected chi connectivity index (χ3v) is 3.58. The average molecular weight is 481 g/mol. The molecule has 0 fully saturated rings. The van der Waals surface area contributed by atoms with Gasteiger partial charge in [0, 0.05) is 0 Å². The SMILES string of the molecule is NC(Cc1ccccc1)C(=O)O.NC(Cc1ccccc1)C(=O)O.NCC(=O)O.NCC(=O)O. The Hall–Kier alpha value is -3.84. The van der Waals surface area contributed by atoms with Crippen LogP contribution in [0.2, 0.25) is 0 Å². The number of carbonyl (C=O) groups is 4. The highest BCUT2D eigenvalue weighted by molar-refractivity contribution is 5.74. The van der Waals surface area contributed by atoms with Crippen LogP contribution in [-0.4, -0.2) is 69.5 Å². The van der Waals surface area contributed by atoms with E-state index in [1.807, 2.05) is 60.7 Å². The maximum absolute atomic E-state index is 10.4. The molecule has 2 atom stereocenters. The fourth-order valence-corrected chi connectivity index (χ4v) is 1.91. The molecule has 12 N–H and O–H groups in total. The molecule has 188 valence electrons. The first kappa shape index (κ1) is 32.3. The predicted octanol–water partition coefficient (Wildman–Crippen LogP) is -0.659. The summed E-state index contributed by atoms with van der Waals surface area (Å²) in [7, 11) is 0. The Labute approximate surface area is 196 Å². The normalized spacial score (nSPS) is 10.9. The van der Waals surface area contributed by atoms with Crippen molar-refractivity contribution in [3.05, 3.63) is 71.8 Å². The molecule has 0 aromatic heterocycles. The lowest BCUT2D eigenvalue weighted by Crippen LogP contribution is -2.32. The molecule has 0 aliphatic rings. The molecule has 0 bridgehead atoms. The van der Waals surface area contributed by atoms with E-state index in [4.69, 9.17) is 31.9 Å². The van der Waals surface area contributed by atoms with Gasteiger partial charge in [0.05, 0.1) is 13.1 Å². The van der Waals surface area contributed by atoms with Gasteiger partial charge in [-0.05, 0) is 24.0 Å². The summed E-state index contributed by atoms with van der Waals surface area (Å²) in [5.74, 6) is -3.85. The minimum Gasteiger partial charge on any atom is -0.480 e. The summed E-state index contributed by atoms with van der Waals surface area (Å²) in [5, 5.41) is 32.2. The molecule has 0 aliphatic carbocycles. The third kappa shape index (κ3) is 20.1. The van der Waals surface area contributed by atoms with Crippen LogP contribution in [0.25, 0.3) is 0 Å². The molecule has 0 amide bonds. The molecule has 12 heteroatoms. The van der Waals surface area contributed by atoms with Crippen molar-refractivity contribution in [3.8, 4) is 0 Å². The first-order chi connectivity index (χ1) is 15.9. The average Bonchev–Trinajstić information content (AvgIpc) is 2.81. The van der Waals surface area contributed by atoms with Crippen molar-refractivity contribution in [2.45, 2.75) is 24.9 Å².